The third kappa shape index (κ3) is 3.27. The molecule has 0 bridgehead atoms. The van der Waals surface area contributed by atoms with E-state index in [9.17, 15) is 9.59 Å². The molecule has 1 aromatic carbocycles. The lowest BCUT2D eigenvalue weighted by molar-refractivity contribution is -0.114. The fraction of sp³-hybridized carbons (Fsp3) is 0.353. The van der Waals surface area contributed by atoms with Gasteiger partial charge in [-0.05, 0) is 30.4 Å². The van der Waals surface area contributed by atoms with E-state index in [4.69, 9.17) is 0 Å². The lowest BCUT2D eigenvalue weighted by atomic mass is 9.87. The molecule has 6 heteroatoms. The summed E-state index contributed by atoms with van der Waals surface area (Å²) in [5.74, 6) is -0.299. The van der Waals surface area contributed by atoms with Crippen molar-refractivity contribution < 1.29 is 9.59 Å². The molecule has 2 amide bonds. The van der Waals surface area contributed by atoms with Crippen molar-refractivity contribution in [2.45, 2.75) is 32.2 Å². The Labute approximate surface area is 139 Å². The second-order valence-electron chi connectivity index (χ2n) is 5.74. The summed E-state index contributed by atoms with van der Waals surface area (Å²) in [4.78, 5) is 29.8. The van der Waals surface area contributed by atoms with E-state index < -0.39 is 0 Å². The summed E-state index contributed by atoms with van der Waals surface area (Å²) in [6.07, 6.45) is 3.10. The van der Waals surface area contributed by atoms with Crippen molar-refractivity contribution in [3.05, 3.63) is 46.5 Å². The lowest BCUT2D eigenvalue weighted by Gasteiger charge is -2.33. The Morgan fingerprint density at radius 3 is 2.91 bits per heavy atom. The summed E-state index contributed by atoms with van der Waals surface area (Å²) in [6, 6.07) is 8.39. The number of rotatable bonds is 3. The van der Waals surface area contributed by atoms with Crippen LogP contribution in [-0.4, -0.2) is 28.7 Å². The largest absolute Gasteiger partial charge is 0.333 e. The molecule has 0 spiro atoms. The Kier molecular flexibility index (Phi) is 4.43. The van der Waals surface area contributed by atoms with Crippen LogP contribution in [0.2, 0.25) is 0 Å². The third-order valence-corrected chi connectivity index (χ3v) is 4.89. The molecule has 5 nitrogen and oxygen atoms in total. The van der Waals surface area contributed by atoms with Gasteiger partial charge in [0.1, 0.15) is 5.69 Å². The van der Waals surface area contributed by atoms with Gasteiger partial charge in [0.15, 0.2) is 5.13 Å². The number of hydrogen-bond donors (Lipinski definition) is 1. The van der Waals surface area contributed by atoms with Gasteiger partial charge in [-0.25, -0.2) is 4.98 Å². The van der Waals surface area contributed by atoms with Crippen LogP contribution in [0, 0.1) is 0 Å². The molecule has 1 aliphatic rings. The van der Waals surface area contributed by atoms with Crippen LogP contribution in [0.3, 0.4) is 0 Å². The lowest BCUT2D eigenvalue weighted by Crippen LogP contribution is -2.33. The second kappa shape index (κ2) is 6.50. The van der Waals surface area contributed by atoms with Crippen LogP contribution in [0.5, 0.6) is 0 Å². The molecule has 1 N–H and O–H groups in total. The quantitative estimate of drug-likeness (QED) is 0.940. The summed E-state index contributed by atoms with van der Waals surface area (Å²) in [5.41, 5.74) is 2.93. The number of anilines is 1. The highest BCUT2D eigenvalue weighted by Crippen LogP contribution is 2.34. The van der Waals surface area contributed by atoms with E-state index in [1.54, 1.807) is 10.3 Å². The van der Waals surface area contributed by atoms with Crippen molar-refractivity contribution >= 4 is 28.3 Å². The zero-order valence-electron chi connectivity index (χ0n) is 13.2. The van der Waals surface area contributed by atoms with E-state index >= 15 is 0 Å². The first-order chi connectivity index (χ1) is 11.1. The van der Waals surface area contributed by atoms with Crippen LogP contribution in [0.1, 0.15) is 47.4 Å². The molecule has 0 fully saturated rings. The molecular weight excluding hydrogens is 310 g/mol. The van der Waals surface area contributed by atoms with Gasteiger partial charge in [0.05, 0.1) is 6.04 Å². The minimum atomic E-state index is -0.187. The molecule has 0 radical (unpaired) electrons. The normalized spacial score (nSPS) is 16.5. The van der Waals surface area contributed by atoms with Gasteiger partial charge in [-0.15, -0.1) is 11.3 Å². The molecule has 3 rings (SSSR count). The first-order valence-corrected chi connectivity index (χ1v) is 8.52. The van der Waals surface area contributed by atoms with Crippen LogP contribution < -0.4 is 5.32 Å². The monoisotopic (exact) mass is 329 g/mol. The van der Waals surface area contributed by atoms with E-state index in [2.05, 4.69) is 22.4 Å². The van der Waals surface area contributed by atoms with E-state index in [-0.39, 0.29) is 17.9 Å². The van der Waals surface area contributed by atoms with Gasteiger partial charge in [0, 0.05) is 19.4 Å². The summed E-state index contributed by atoms with van der Waals surface area (Å²) in [6.45, 7) is 1.42. The first-order valence-electron chi connectivity index (χ1n) is 7.64. The number of amides is 2. The zero-order chi connectivity index (χ0) is 16.4. The Morgan fingerprint density at radius 2 is 2.13 bits per heavy atom. The molecule has 0 aliphatic heterocycles. The number of carbonyl (C=O) groups is 2. The number of fused-ring (bicyclic) bond motifs is 1. The van der Waals surface area contributed by atoms with E-state index in [1.807, 2.05) is 19.2 Å². The number of hydrogen-bond acceptors (Lipinski definition) is 4. The number of carbonyl (C=O) groups excluding carboxylic acids is 2. The highest BCUT2D eigenvalue weighted by Gasteiger charge is 2.28. The molecule has 0 saturated heterocycles. The molecule has 23 heavy (non-hydrogen) atoms. The number of thiazole rings is 1. The average Bonchev–Trinajstić information content (AvgIpc) is 3.00. The molecule has 1 aliphatic carbocycles. The maximum atomic E-state index is 12.7. The molecule has 0 saturated carbocycles. The first kappa shape index (κ1) is 15.7. The summed E-state index contributed by atoms with van der Waals surface area (Å²) in [7, 11) is 1.83. The van der Waals surface area contributed by atoms with Crippen molar-refractivity contribution in [1.82, 2.24) is 9.88 Å². The smallest absolute Gasteiger partial charge is 0.273 e. The van der Waals surface area contributed by atoms with Crippen LogP contribution in [0.25, 0.3) is 0 Å². The summed E-state index contributed by atoms with van der Waals surface area (Å²) < 4.78 is 0. The topological polar surface area (TPSA) is 62.3 Å². The van der Waals surface area contributed by atoms with Gasteiger partial charge in [0.2, 0.25) is 5.91 Å². The minimum absolute atomic E-state index is 0.0818. The van der Waals surface area contributed by atoms with Crippen molar-refractivity contribution in [3.8, 4) is 0 Å². The van der Waals surface area contributed by atoms with Gasteiger partial charge in [-0.1, -0.05) is 24.3 Å². The van der Waals surface area contributed by atoms with Crippen molar-refractivity contribution in [3.63, 3.8) is 0 Å². The van der Waals surface area contributed by atoms with Gasteiger partial charge in [-0.3, -0.25) is 9.59 Å². The van der Waals surface area contributed by atoms with Gasteiger partial charge in [-0.2, -0.15) is 0 Å². The van der Waals surface area contributed by atoms with Crippen molar-refractivity contribution in [1.29, 1.82) is 0 Å². The Morgan fingerprint density at radius 1 is 1.35 bits per heavy atom. The standard InChI is InChI=1S/C17H19N3O2S/c1-11(21)18-17-19-14(10-23-17)16(22)20(2)15-9-5-7-12-6-3-4-8-13(12)15/h3-4,6,8,10,15H,5,7,9H2,1-2H3,(H,18,19,21)/t15-/m0/s1. The highest BCUT2D eigenvalue weighted by atomic mass is 32.1. The van der Waals surface area contributed by atoms with Crippen molar-refractivity contribution in [2.24, 2.45) is 0 Å². The van der Waals surface area contributed by atoms with E-state index in [0.29, 0.717) is 10.8 Å². The SMILES string of the molecule is CC(=O)Nc1nc(C(=O)N(C)[C@H]2CCCc3ccccc32)cs1. The van der Waals surface area contributed by atoms with Gasteiger partial charge >= 0.3 is 0 Å². The van der Waals surface area contributed by atoms with E-state index in [1.165, 1.54) is 29.4 Å². The maximum Gasteiger partial charge on any atom is 0.273 e. The highest BCUT2D eigenvalue weighted by molar-refractivity contribution is 7.14. The maximum absolute atomic E-state index is 12.7. The molecule has 1 heterocycles. The summed E-state index contributed by atoms with van der Waals surface area (Å²) in [5, 5.41) is 4.76. The molecule has 120 valence electrons. The molecule has 2 aromatic rings. The average molecular weight is 329 g/mol. The molecular formula is C17H19N3O2S. The number of aromatic nitrogens is 1. The minimum Gasteiger partial charge on any atom is -0.333 e. The van der Waals surface area contributed by atoms with Gasteiger partial charge < -0.3 is 10.2 Å². The van der Waals surface area contributed by atoms with Crippen LogP contribution in [-0.2, 0) is 11.2 Å². The number of benzene rings is 1. The molecule has 1 atom stereocenters. The fourth-order valence-corrected chi connectivity index (χ4v) is 3.76. The van der Waals surface area contributed by atoms with Gasteiger partial charge in [0.25, 0.3) is 5.91 Å². The number of nitrogens with zero attached hydrogens (tertiary/aromatic N) is 2. The predicted molar refractivity (Wildman–Crippen MR) is 90.6 cm³/mol. The number of aryl methyl sites for hydroxylation is 1. The Balaban J connectivity index is 1.80. The van der Waals surface area contributed by atoms with E-state index in [0.717, 1.165) is 19.3 Å². The zero-order valence-corrected chi connectivity index (χ0v) is 14.0. The van der Waals surface area contributed by atoms with Crippen LogP contribution in [0.4, 0.5) is 5.13 Å². The van der Waals surface area contributed by atoms with Crippen molar-refractivity contribution in [2.75, 3.05) is 12.4 Å². The Hall–Kier alpha value is -2.21. The summed E-state index contributed by atoms with van der Waals surface area (Å²) >= 11 is 1.27. The Bertz CT molecular complexity index is 741. The second-order valence-corrected chi connectivity index (χ2v) is 6.60. The molecule has 1 aromatic heterocycles. The third-order valence-electron chi connectivity index (χ3n) is 4.13. The molecule has 0 unspecified atom stereocenters. The predicted octanol–water partition coefficient (Wildman–Crippen LogP) is 3.25. The fourth-order valence-electron chi connectivity index (χ4n) is 3.03. The van der Waals surface area contributed by atoms with Crippen LogP contribution >= 0.6 is 11.3 Å². The van der Waals surface area contributed by atoms with Crippen LogP contribution in [0.15, 0.2) is 29.6 Å². The number of nitrogens with one attached hydrogen (secondary N) is 1.